The zero-order chi connectivity index (χ0) is 17.6. The lowest BCUT2D eigenvalue weighted by molar-refractivity contribution is -0.138. The second-order valence-corrected chi connectivity index (χ2v) is 6.20. The molecule has 132 valence electrons. The van der Waals surface area contributed by atoms with E-state index in [2.05, 4.69) is 15.4 Å². The number of amides is 2. The predicted molar refractivity (Wildman–Crippen MR) is 91.2 cm³/mol. The number of nitrogens with one attached hydrogen (secondary N) is 1. The van der Waals surface area contributed by atoms with Crippen molar-refractivity contribution in [3.05, 3.63) is 53.9 Å². The number of nitrogens with zero attached hydrogens (tertiary/aromatic N) is 3. The Hall–Kier alpha value is -2.67. The first kappa shape index (κ1) is 17.2. The summed E-state index contributed by atoms with van der Waals surface area (Å²) in [4.78, 5) is 28.5. The van der Waals surface area contributed by atoms with Crippen molar-refractivity contribution in [2.45, 2.75) is 25.6 Å². The molecule has 0 radical (unpaired) electrons. The fourth-order valence-corrected chi connectivity index (χ4v) is 2.96. The van der Waals surface area contributed by atoms with Gasteiger partial charge in [0.2, 0.25) is 11.8 Å². The van der Waals surface area contributed by atoms with E-state index in [1.807, 2.05) is 30.3 Å². The quantitative estimate of drug-likeness (QED) is 0.848. The Morgan fingerprint density at radius 1 is 1.36 bits per heavy atom. The van der Waals surface area contributed by atoms with Crippen LogP contribution in [-0.4, -0.2) is 52.9 Å². The smallest absolute Gasteiger partial charge is 0.237 e. The van der Waals surface area contributed by atoms with Gasteiger partial charge in [0.15, 0.2) is 5.76 Å². The van der Waals surface area contributed by atoms with Gasteiger partial charge in [0.1, 0.15) is 0 Å². The molecule has 0 bridgehead atoms. The van der Waals surface area contributed by atoms with Crippen LogP contribution in [0.25, 0.3) is 0 Å². The summed E-state index contributed by atoms with van der Waals surface area (Å²) in [5, 5.41) is 6.49. The molecular weight excluding hydrogens is 320 g/mol. The number of hydrogen-bond acceptors (Lipinski definition) is 5. The van der Waals surface area contributed by atoms with Crippen LogP contribution in [0.1, 0.15) is 17.7 Å². The van der Waals surface area contributed by atoms with Gasteiger partial charge >= 0.3 is 0 Å². The summed E-state index contributed by atoms with van der Waals surface area (Å²) in [5.74, 6) is 0.421. The first-order valence-corrected chi connectivity index (χ1v) is 8.32. The molecule has 0 saturated carbocycles. The van der Waals surface area contributed by atoms with E-state index in [-0.39, 0.29) is 18.2 Å². The van der Waals surface area contributed by atoms with Gasteiger partial charge in [-0.2, -0.15) is 0 Å². The Balaban J connectivity index is 1.64. The molecule has 2 heterocycles. The van der Waals surface area contributed by atoms with Crippen LogP contribution in [0.15, 0.2) is 47.1 Å². The SMILES string of the molecule is CN(Cc1ccno1)C(=O)C[C@@H]1C(=O)NCCN1Cc1ccccc1. The molecular formula is C18H22N4O3. The van der Waals surface area contributed by atoms with E-state index in [4.69, 9.17) is 4.52 Å². The monoisotopic (exact) mass is 342 g/mol. The summed E-state index contributed by atoms with van der Waals surface area (Å²) in [5.41, 5.74) is 1.13. The van der Waals surface area contributed by atoms with E-state index < -0.39 is 6.04 Å². The second-order valence-electron chi connectivity index (χ2n) is 6.20. The van der Waals surface area contributed by atoms with Crippen LogP contribution in [0.3, 0.4) is 0 Å². The van der Waals surface area contributed by atoms with E-state index in [1.54, 1.807) is 24.2 Å². The Morgan fingerprint density at radius 2 is 2.16 bits per heavy atom. The van der Waals surface area contributed by atoms with Gasteiger partial charge in [-0.15, -0.1) is 0 Å². The summed E-state index contributed by atoms with van der Waals surface area (Å²) in [6, 6.07) is 11.2. The fourth-order valence-electron chi connectivity index (χ4n) is 2.96. The largest absolute Gasteiger partial charge is 0.360 e. The van der Waals surface area contributed by atoms with Crippen molar-refractivity contribution < 1.29 is 14.1 Å². The summed E-state index contributed by atoms with van der Waals surface area (Å²) < 4.78 is 5.03. The Bertz CT molecular complexity index is 702. The number of carbonyl (C=O) groups excluding carboxylic acids is 2. The van der Waals surface area contributed by atoms with E-state index in [9.17, 15) is 9.59 Å². The van der Waals surface area contributed by atoms with Crippen molar-refractivity contribution in [2.75, 3.05) is 20.1 Å². The molecule has 0 spiro atoms. The lowest BCUT2D eigenvalue weighted by atomic mass is 10.1. The van der Waals surface area contributed by atoms with Gasteiger partial charge in [-0.1, -0.05) is 35.5 Å². The van der Waals surface area contributed by atoms with Crippen molar-refractivity contribution in [3.63, 3.8) is 0 Å². The molecule has 2 amide bonds. The molecule has 1 fully saturated rings. The van der Waals surface area contributed by atoms with E-state index >= 15 is 0 Å². The maximum absolute atomic E-state index is 12.5. The minimum Gasteiger partial charge on any atom is -0.360 e. The highest BCUT2D eigenvalue weighted by molar-refractivity contribution is 5.88. The van der Waals surface area contributed by atoms with Crippen LogP contribution in [0.4, 0.5) is 0 Å². The highest BCUT2D eigenvalue weighted by atomic mass is 16.5. The van der Waals surface area contributed by atoms with Crippen molar-refractivity contribution in [2.24, 2.45) is 0 Å². The topological polar surface area (TPSA) is 78.7 Å². The van der Waals surface area contributed by atoms with Gasteiger partial charge < -0.3 is 14.7 Å². The molecule has 3 rings (SSSR count). The van der Waals surface area contributed by atoms with E-state index in [0.717, 1.165) is 12.1 Å². The standard InChI is InChI=1S/C18H22N4O3/c1-21(13-15-7-8-20-25-15)17(23)11-16-18(24)19-9-10-22(16)12-14-5-3-2-4-6-14/h2-8,16H,9-13H2,1H3,(H,19,24)/t16-/m1/s1. The first-order valence-electron chi connectivity index (χ1n) is 8.32. The lowest BCUT2D eigenvalue weighted by Gasteiger charge is -2.35. The number of carbonyl (C=O) groups is 2. The minimum absolute atomic E-state index is 0.0939. The number of piperazine rings is 1. The van der Waals surface area contributed by atoms with Crippen molar-refractivity contribution in [3.8, 4) is 0 Å². The average molecular weight is 342 g/mol. The summed E-state index contributed by atoms with van der Waals surface area (Å²) in [7, 11) is 1.70. The van der Waals surface area contributed by atoms with Gasteiger partial charge in [-0.25, -0.2) is 0 Å². The summed E-state index contributed by atoms with van der Waals surface area (Å²) in [6.07, 6.45) is 1.69. The van der Waals surface area contributed by atoms with Gasteiger partial charge in [0, 0.05) is 32.7 Å². The van der Waals surface area contributed by atoms with Crippen LogP contribution in [0.5, 0.6) is 0 Å². The minimum atomic E-state index is -0.460. The molecule has 7 heteroatoms. The molecule has 7 nitrogen and oxygen atoms in total. The predicted octanol–water partition coefficient (Wildman–Crippen LogP) is 1.02. The molecule has 1 aliphatic rings. The Labute approximate surface area is 146 Å². The van der Waals surface area contributed by atoms with Gasteiger partial charge in [-0.3, -0.25) is 14.5 Å². The maximum atomic E-state index is 12.5. The highest BCUT2D eigenvalue weighted by Gasteiger charge is 2.32. The third-order valence-corrected chi connectivity index (χ3v) is 4.35. The number of benzene rings is 1. The van der Waals surface area contributed by atoms with Crippen LogP contribution in [0.2, 0.25) is 0 Å². The highest BCUT2D eigenvalue weighted by Crippen LogP contribution is 2.15. The zero-order valence-electron chi connectivity index (χ0n) is 14.2. The van der Waals surface area contributed by atoms with Crippen molar-refractivity contribution in [1.82, 2.24) is 20.3 Å². The normalized spacial score (nSPS) is 18.0. The Kier molecular flexibility index (Phi) is 5.45. The van der Waals surface area contributed by atoms with Crippen LogP contribution in [-0.2, 0) is 22.7 Å². The molecule has 2 aromatic rings. The van der Waals surface area contributed by atoms with Crippen LogP contribution < -0.4 is 5.32 Å². The van der Waals surface area contributed by atoms with Crippen molar-refractivity contribution >= 4 is 11.8 Å². The molecule has 0 unspecified atom stereocenters. The summed E-state index contributed by atoms with van der Waals surface area (Å²) >= 11 is 0. The van der Waals surface area contributed by atoms with Crippen LogP contribution in [0, 0.1) is 0 Å². The van der Waals surface area contributed by atoms with Crippen molar-refractivity contribution in [1.29, 1.82) is 0 Å². The van der Waals surface area contributed by atoms with Gasteiger partial charge in [0.25, 0.3) is 0 Å². The molecule has 1 aliphatic heterocycles. The molecule has 0 aliphatic carbocycles. The lowest BCUT2D eigenvalue weighted by Crippen LogP contribution is -2.56. The zero-order valence-corrected chi connectivity index (χ0v) is 14.2. The molecule has 25 heavy (non-hydrogen) atoms. The first-order chi connectivity index (χ1) is 12.1. The molecule has 1 N–H and O–H groups in total. The number of hydrogen-bond donors (Lipinski definition) is 1. The van der Waals surface area contributed by atoms with Gasteiger partial charge in [0.05, 0.1) is 25.2 Å². The molecule has 1 aromatic heterocycles. The van der Waals surface area contributed by atoms with E-state index in [1.165, 1.54) is 0 Å². The fraction of sp³-hybridized carbons (Fsp3) is 0.389. The maximum Gasteiger partial charge on any atom is 0.237 e. The molecule has 1 saturated heterocycles. The summed E-state index contributed by atoms with van der Waals surface area (Å²) in [6.45, 7) is 2.32. The second kappa shape index (κ2) is 7.94. The van der Waals surface area contributed by atoms with Crippen LogP contribution >= 0.6 is 0 Å². The molecule has 1 aromatic carbocycles. The third kappa shape index (κ3) is 4.45. The Morgan fingerprint density at radius 3 is 2.88 bits per heavy atom. The molecule has 1 atom stereocenters. The average Bonchev–Trinajstić information content (AvgIpc) is 3.11. The van der Waals surface area contributed by atoms with E-state index in [0.29, 0.717) is 25.4 Å². The number of aromatic nitrogens is 1. The number of rotatable bonds is 6. The van der Waals surface area contributed by atoms with Gasteiger partial charge in [-0.05, 0) is 5.56 Å². The third-order valence-electron chi connectivity index (χ3n) is 4.35.